The molecule has 0 aliphatic heterocycles. The maximum absolute atomic E-state index is 13.1. The summed E-state index contributed by atoms with van der Waals surface area (Å²) in [6.07, 6.45) is 3.60. The number of carbonyl (C=O) groups is 1. The standard InChI is InChI=1S/C33H36ClN5O4/c1-19-17-25(33(42)39(3)38-19)31(41)36-26-13-8-9-22(20(26)2)23-10-7-11-24(30(23)34)27-16-15-21(32(37-27)43-4)18-35-28-12-5-6-14-29(28)40/h7-11,13,15-17,28-29,35,40H,5-6,12,14,18H2,1-4H3,(H,36,41)/t28?,29-/m0/s1. The molecule has 0 saturated heterocycles. The van der Waals surface area contributed by atoms with Gasteiger partial charge in [0, 0.05) is 42.0 Å². The summed E-state index contributed by atoms with van der Waals surface area (Å²) in [6.45, 7) is 4.17. The Balaban J connectivity index is 1.41. The predicted molar refractivity (Wildman–Crippen MR) is 169 cm³/mol. The number of carbonyl (C=O) groups excluding carboxylic acids is 1. The van der Waals surface area contributed by atoms with Crippen molar-refractivity contribution in [2.75, 3.05) is 12.4 Å². The Morgan fingerprint density at radius 2 is 1.79 bits per heavy atom. The van der Waals surface area contributed by atoms with Gasteiger partial charge in [-0.1, -0.05) is 60.8 Å². The highest BCUT2D eigenvalue weighted by atomic mass is 35.5. The van der Waals surface area contributed by atoms with Gasteiger partial charge in [-0.2, -0.15) is 5.10 Å². The van der Waals surface area contributed by atoms with Crippen molar-refractivity contribution in [2.45, 2.75) is 58.2 Å². The summed E-state index contributed by atoms with van der Waals surface area (Å²) >= 11 is 7.01. The molecular weight excluding hydrogens is 566 g/mol. The molecule has 10 heteroatoms. The normalized spacial score (nSPS) is 16.6. The molecule has 0 spiro atoms. The van der Waals surface area contributed by atoms with E-state index in [2.05, 4.69) is 15.7 Å². The molecule has 1 saturated carbocycles. The van der Waals surface area contributed by atoms with E-state index in [-0.39, 0.29) is 17.7 Å². The number of amides is 1. The second kappa shape index (κ2) is 13.1. The summed E-state index contributed by atoms with van der Waals surface area (Å²) in [7, 11) is 3.11. The predicted octanol–water partition coefficient (Wildman–Crippen LogP) is 5.43. The zero-order valence-electron chi connectivity index (χ0n) is 24.8. The first-order valence-corrected chi connectivity index (χ1v) is 14.8. The van der Waals surface area contributed by atoms with E-state index in [0.29, 0.717) is 34.5 Å². The van der Waals surface area contributed by atoms with E-state index < -0.39 is 11.5 Å². The van der Waals surface area contributed by atoms with E-state index in [0.717, 1.165) is 58.2 Å². The lowest BCUT2D eigenvalue weighted by Crippen LogP contribution is -2.41. The van der Waals surface area contributed by atoms with Crippen LogP contribution >= 0.6 is 11.6 Å². The number of aryl methyl sites for hydroxylation is 2. The van der Waals surface area contributed by atoms with Crippen molar-refractivity contribution in [3.8, 4) is 28.3 Å². The number of anilines is 1. The Morgan fingerprint density at radius 3 is 2.56 bits per heavy atom. The molecule has 0 radical (unpaired) electrons. The van der Waals surface area contributed by atoms with Crippen LogP contribution in [0.25, 0.3) is 22.4 Å². The average Bonchev–Trinajstić information content (AvgIpc) is 3.00. The molecule has 224 valence electrons. The van der Waals surface area contributed by atoms with Crippen molar-refractivity contribution < 1.29 is 14.6 Å². The van der Waals surface area contributed by atoms with E-state index in [9.17, 15) is 14.7 Å². The second-order valence-corrected chi connectivity index (χ2v) is 11.3. The van der Waals surface area contributed by atoms with Crippen molar-refractivity contribution >= 4 is 23.2 Å². The molecule has 2 atom stereocenters. The lowest BCUT2D eigenvalue weighted by molar-refractivity contribution is 0.0901. The maximum atomic E-state index is 13.1. The van der Waals surface area contributed by atoms with Crippen LogP contribution in [0.5, 0.6) is 5.88 Å². The highest BCUT2D eigenvalue weighted by molar-refractivity contribution is 6.36. The Kier molecular flexibility index (Phi) is 9.25. The van der Waals surface area contributed by atoms with Gasteiger partial charge in [-0.05, 0) is 56.0 Å². The summed E-state index contributed by atoms with van der Waals surface area (Å²) < 4.78 is 6.79. The fraction of sp³-hybridized carbons (Fsp3) is 0.333. The molecule has 1 unspecified atom stereocenters. The highest BCUT2D eigenvalue weighted by Crippen LogP contribution is 2.39. The van der Waals surface area contributed by atoms with Crippen LogP contribution in [-0.4, -0.2) is 45.0 Å². The Morgan fingerprint density at radius 1 is 1.07 bits per heavy atom. The SMILES string of the molecule is COc1nc(-c2cccc(-c3cccc(NC(=O)c4cc(C)nn(C)c4=O)c3C)c2Cl)ccc1CNC1CCCC[C@@H]1O. The van der Waals surface area contributed by atoms with E-state index >= 15 is 0 Å². The first kappa shape index (κ1) is 30.4. The van der Waals surface area contributed by atoms with Crippen LogP contribution in [-0.2, 0) is 13.6 Å². The largest absolute Gasteiger partial charge is 0.481 e. The number of hydrogen-bond donors (Lipinski definition) is 3. The number of rotatable bonds is 8. The number of aliphatic hydroxyl groups excluding tert-OH is 1. The van der Waals surface area contributed by atoms with Gasteiger partial charge in [0.2, 0.25) is 5.88 Å². The van der Waals surface area contributed by atoms with Gasteiger partial charge in [0.05, 0.1) is 29.6 Å². The highest BCUT2D eigenvalue weighted by Gasteiger charge is 2.23. The van der Waals surface area contributed by atoms with Crippen LogP contribution in [0.1, 0.15) is 52.9 Å². The number of hydrogen-bond acceptors (Lipinski definition) is 7. The third-order valence-corrected chi connectivity index (χ3v) is 8.40. The van der Waals surface area contributed by atoms with Crippen molar-refractivity contribution in [1.82, 2.24) is 20.1 Å². The molecule has 9 nitrogen and oxygen atoms in total. The minimum absolute atomic E-state index is 0.0217. The van der Waals surface area contributed by atoms with Crippen LogP contribution in [0.4, 0.5) is 5.69 Å². The fourth-order valence-corrected chi connectivity index (χ4v) is 5.95. The average molecular weight is 602 g/mol. The fourth-order valence-electron chi connectivity index (χ4n) is 5.63. The van der Waals surface area contributed by atoms with Gasteiger partial charge in [-0.15, -0.1) is 0 Å². The second-order valence-electron chi connectivity index (χ2n) is 10.9. The summed E-state index contributed by atoms with van der Waals surface area (Å²) in [5, 5.41) is 21.2. The minimum Gasteiger partial charge on any atom is -0.481 e. The first-order chi connectivity index (χ1) is 20.7. The quantitative estimate of drug-likeness (QED) is 0.246. The van der Waals surface area contributed by atoms with E-state index in [1.54, 1.807) is 20.1 Å². The summed E-state index contributed by atoms with van der Waals surface area (Å²) in [4.78, 5) is 30.4. The molecule has 1 aliphatic carbocycles. The molecule has 43 heavy (non-hydrogen) atoms. The minimum atomic E-state index is -0.505. The van der Waals surface area contributed by atoms with Crippen LogP contribution in [0.2, 0.25) is 5.02 Å². The Labute approximate surface area is 255 Å². The van der Waals surface area contributed by atoms with E-state index in [4.69, 9.17) is 21.3 Å². The number of ether oxygens (including phenoxy) is 1. The van der Waals surface area contributed by atoms with Crippen LogP contribution in [0.15, 0.2) is 59.4 Å². The summed E-state index contributed by atoms with van der Waals surface area (Å²) in [5.74, 6) is -0.00906. The molecule has 5 rings (SSSR count). The molecule has 1 aliphatic rings. The lowest BCUT2D eigenvalue weighted by atomic mass is 9.92. The molecular formula is C33H36ClN5O4. The van der Waals surface area contributed by atoms with Gasteiger partial charge in [0.15, 0.2) is 0 Å². The Hall–Kier alpha value is -4.05. The van der Waals surface area contributed by atoms with E-state index in [1.807, 2.05) is 49.4 Å². The molecule has 2 heterocycles. The number of methoxy groups -OCH3 is 1. The number of nitrogens with zero attached hydrogens (tertiary/aromatic N) is 3. The van der Waals surface area contributed by atoms with Gasteiger partial charge in [-0.25, -0.2) is 9.67 Å². The molecule has 3 N–H and O–H groups in total. The van der Waals surface area contributed by atoms with Crippen molar-refractivity contribution in [2.24, 2.45) is 7.05 Å². The zero-order chi connectivity index (χ0) is 30.7. The zero-order valence-corrected chi connectivity index (χ0v) is 25.5. The van der Waals surface area contributed by atoms with Gasteiger partial charge in [-0.3, -0.25) is 9.59 Å². The van der Waals surface area contributed by atoms with Crippen molar-refractivity contribution in [3.05, 3.63) is 92.4 Å². The first-order valence-electron chi connectivity index (χ1n) is 14.4. The third-order valence-electron chi connectivity index (χ3n) is 7.99. The number of pyridine rings is 1. The van der Waals surface area contributed by atoms with Crippen LogP contribution < -0.4 is 20.9 Å². The van der Waals surface area contributed by atoms with Gasteiger partial charge < -0.3 is 20.5 Å². The molecule has 1 fully saturated rings. The Bertz CT molecular complexity index is 1720. The molecule has 2 aromatic carbocycles. The molecule has 2 aromatic heterocycles. The van der Waals surface area contributed by atoms with Gasteiger partial charge >= 0.3 is 0 Å². The molecule has 4 aromatic rings. The number of nitrogens with one attached hydrogen (secondary N) is 2. The summed E-state index contributed by atoms with van der Waals surface area (Å²) in [5.41, 5.74) is 5.41. The third kappa shape index (κ3) is 6.49. The monoisotopic (exact) mass is 601 g/mol. The lowest BCUT2D eigenvalue weighted by Gasteiger charge is -2.28. The van der Waals surface area contributed by atoms with E-state index in [1.165, 1.54) is 13.1 Å². The smallest absolute Gasteiger partial charge is 0.279 e. The summed E-state index contributed by atoms with van der Waals surface area (Å²) in [6, 6.07) is 16.8. The number of halogens is 1. The molecule has 0 bridgehead atoms. The van der Waals surface area contributed by atoms with Crippen molar-refractivity contribution in [1.29, 1.82) is 0 Å². The van der Waals surface area contributed by atoms with Gasteiger partial charge in [0.1, 0.15) is 5.56 Å². The van der Waals surface area contributed by atoms with Crippen LogP contribution in [0.3, 0.4) is 0 Å². The maximum Gasteiger partial charge on any atom is 0.279 e. The number of aliphatic hydroxyl groups is 1. The number of benzene rings is 2. The van der Waals surface area contributed by atoms with Crippen molar-refractivity contribution in [3.63, 3.8) is 0 Å². The molecule has 1 amide bonds. The topological polar surface area (TPSA) is 118 Å². The number of aromatic nitrogens is 3. The van der Waals surface area contributed by atoms with Crippen LogP contribution in [0, 0.1) is 13.8 Å². The van der Waals surface area contributed by atoms with Gasteiger partial charge in [0.25, 0.3) is 11.5 Å².